The Bertz CT molecular complexity index is 333. The van der Waals surface area contributed by atoms with Gasteiger partial charge < -0.3 is 14.8 Å². The van der Waals surface area contributed by atoms with Gasteiger partial charge in [-0.1, -0.05) is 0 Å². The predicted octanol–water partition coefficient (Wildman–Crippen LogP) is 0.236. The van der Waals surface area contributed by atoms with Crippen LogP contribution in [0.3, 0.4) is 0 Å². The normalized spacial score (nSPS) is 10.1. The monoisotopic (exact) mass is 216 g/mol. The van der Waals surface area contributed by atoms with E-state index in [0.717, 1.165) is 11.8 Å². The Labute approximate surface area is 86.0 Å². The van der Waals surface area contributed by atoms with Crippen molar-refractivity contribution in [1.82, 2.24) is 0 Å². The fourth-order valence-corrected chi connectivity index (χ4v) is 1.87. The highest BCUT2D eigenvalue weighted by molar-refractivity contribution is 7.98. The second kappa shape index (κ2) is 4.68. The van der Waals surface area contributed by atoms with E-state index in [1.807, 2.05) is 0 Å². The summed E-state index contributed by atoms with van der Waals surface area (Å²) >= 11 is 1.10. The summed E-state index contributed by atoms with van der Waals surface area (Å²) in [5, 5.41) is 18.1. The van der Waals surface area contributed by atoms with Crippen LogP contribution in [-0.2, 0) is 0 Å². The lowest BCUT2D eigenvalue weighted by molar-refractivity contribution is 0.399. The summed E-state index contributed by atoms with van der Waals surface area (Å²) in [5.41, 5.74) is 0.0694. The third kappa shape index (κ3) is 2.02. The first-order chi connectivity index (χ1) is 6.61. The van der Waals surface area contributed by atoms with Crippen LogP contribution in [0, 0.1) is 5.82 Å². The molecule has 6 heteroatoms. The summed E-state index contributed by atoms with van der Waals surface area (Å²) in [6, 6.07) is 2.60. The fourth-order valence-electron chi connectivity index (χ4n) is 1.18. The molecular weight excluding hydrogens is 206 g/mol. The molecule has 1 rings (SSSR count). The molecule has 14 heavy (non-hydrogen) atoms. The van der Waals surface area contributed by atoms with Crippen molar-refractivity contribution >= 4 is 24.3 Å². The minimum absolute atomic E-state index is 0.0694. The Morgan fingerprint density at radius 2 is 2.07 bits per heavy atom. The van der Waals surface area contributed by atoms with Gasteiger partial charge in [-0.05, 0) is 18.4 Å². The maximum atomic E-state index is 13.2. The number of hydrogen-bond donors (Lipinski definition) is 2. The number of halogens is 1. The number of hydrogen-bond acceptors (Lipinski definition) is 4. The highest BCUT2D eigenvalue weighted by Gasteiger charge is 2.23. The van der Waals surface area contributed by atoms with Gasteiger partial charge in [0.05, 0.1) is 7.11 Å². The Morgan fingerprint density at radius 3 is 2.50 bits per heavy atom. The first-order valence-electron chi connectivity index (χ1n) is 3.88. The van der Waals surface area contributed by atoms with Crippen molar-refractivity contribution in [2.75, 3.05) is 13.4 Å². The molecule has 0 aromatic heterocycles. The van der Waals surface area contributed by atoms with Crippen LogP contribution in [0.2, 0.25) is 0 Å². The quantitative estimate of drug-likeness (QED) is 0.561. The molecular formula is C8H10BFO3S. The lowest BCUT2D eigenvalue weighted by Gasteiger charge is -2.12. The Kier molecular flexibility index (Phi) is 3.80. The van der Waals surface area contributed by atoms with E-state index in [-0.39, 0.29) is 16.1 Å². The van der Waals surface area contributed by atoms with Gasteiger partial charge in [0.2, 0.25) is 0 Å². The molecule has 0 unspecified atom stereocenters. The van der Waals surface area contributed by atoms with Gasteiger partial charge in [-0.3, -0.25) is 0 Å². The first-order valence-corrected chi connectivity index (χ1v) is 5.10. The Balaban J connectivity index is 3.36. The zero-order valence-corrected chi connectivity index (χ0v) is 8.64. The van der Waals surface area contributed by atoms with Crippen LogP contribution < -0.4 is 10.2 Å². The first kappa shape index (κ1) is 11.4. The van der Waals surface area contributed by atoms with E-state index in [1.165, 1.54) is 19.2 Å². The minimum atomic E-state index is -1.73. The van der Waals surface area contributed by atoms with E-state index in [0.29, 0.717) is 0 Å². The van der Waals surface area contributed by atoms with E-state index < -0.39 is 12.9 Å². The van der Waals surface area contributed by atoms with E-state index in [4.69, 9.17) is 14.8 Å². The van der Waals surface area contributed by atoms with E-state index in [2.05, 4.69) is 0 Å². The highest BCUT2D eigenvalue weighted by Crippen LogP contribution is 2.22. The lowest BCUT2D eigenvalue weighted by atomic mass is 9.79. The zero-order valence-electron chi connectivity index (χ0n) is 7.82. The van der Waals surface area contributed by atoms with Crippen LogP contribution in [-0.4, -0.2) is 30.5 Å². The number of thioether (sulfide) groups is 1. The van der Waals surface area contributed by atoms with Crippen molar-refractivity contribution < 1.29 is 19.2 Å². The van der Waals surface area contributed by atoms with Gasteiger partial charge >= 0.3 is 7.12 Å². The molecule has 0 aliphatic heterocycles. The standard InChI is InChI=1S/C8H10BFO3S/c1-13-6-4-3-5(10)8(14-2)7(6)9(11)12/h3-4,11-12H,1-2H3. The summed E-state index contributed by atoms with van der Waals surface area (Å²) in [6.45, 7) is 0. The van der Waals surface area contributed by atoms with E-state index >= 15 is 0 Å². The molecule has 1 aromatic rings. The van der Waals surface area contributed by atoms with Crippen LogP contribution >= 0.6 is 11.8 Å². The molecule has 0 spiro atoms. The molecule has 0 atom stereocenters. The molecule has 0 saturated carbocycles. The molecule has 1 aromatic carbocycles. The topological polar surface area (TPSA) is 49.7 Å². The third-order valence-electron chi connectivity index (χ3n) is 1.79. The van der Waals surface area contributed by atoms with Gasteiger partial charge in [0.25, 0.3) is 0 Å². The minimum Gasteiger partial charge on any atom is -0.497 e. The SMILES string of the molecule is COc1ccc(F)c(SC)c1B(O)O. The molecule has 0 aliphatic rings. The molecule has 0 amide bonds. The largest absolute Gasteiger partial charge is 0.497 e. The van der Waals surface area contributed by atoms with Gasteiger partial charge in [0, 0.05) is 10.4 Å². The summed E-state index contributed by atoms with van der Waals surface area (Å²) < 4.78 is 18.1. The third-order valence-corrected chi connectivity index (χ3v) is 2.61. The molecule has 0 radical (unpaired) electrons. The van der Waals surface area contributed by atoms with Crippen molar-refractivity contribution in [2.24, 2.45) is 0 Å². The van der Waals surface area contributed by atoms with Crippen LogP contribution in [0.5, 0.6) is 5.75 Å². The molecule has 0 saturated heterocycles. The maximum Gasteiger partial charge on any atom is 0.493 e. The van der Waals surface area contributed by atoms with Crippen molar-refractivity contribution in [3.05, 3.63) is 17.9 Å². The van der Waals surface area contributed by atoms with Gasteiger partial charge in [-0.15, -0.1) is 11.8 Å². The van der Waals surface area contributed by atoms with Gasteiger partial charge in [-0.2, -0.15) is 0 Å². The Morgan fingerprint density at radius 1 is 1.43 bits per heavy atom. The van der Waals surface area contributed by atoms with Crippen molar-refractivity contribution in [3.8, 4) is 5.75 Å². The molecule has 0 fully saturated rings. The average molecular weight is 216 g/mol. The maximum absolute atomic E-state index is 13.2. The van der Waals surface area contributed by atoms with E-state index in [9.17, 15) is 4.39 Å². The second-order valence-corrected chi connectivity index (χ2v) is 3.39. The molecule has 0 aliphatic carbocycles. The van der Waals surface area contributed by atoms with Gasteiger partial charge in [-0.25, -0.2) is 4.39 Å². The highest BCUT2D eigenvalue weighted by atomic mass is 32.2. The summed E-state index contributed by atoms with van der Waals surface area (Å²) in [6.07, 6.45) is 1.66. The summed E-state index contributed by atoms with van der Waals surface area (Å²) in [4.78, 5) is 0.194. The van der Waals surface area contributed by atoms with Crippen molar-refractivity contribution in [2.45, 2.75) is 4.90 Å². The lowest BCUT2D eigenvalue weighted by Crippen LogP contribution is -2.33. The van der Waals surface area contributed by atoms with Gasteiger partial charge in [0.1, 0.15) is 11.6 Å². The molecule has 76 valence electrons. The van der Waals surface area contributed by atoms with Crippen LogP contribution in [0.15, 0.2) is 17.0 Å². The number of rotatable bonds is 3. The van der Waals surface area contributed by atoms with Crippen LogP contribution in [0.25, 0.3) is 0 Å². The molecule has 3 nitrogen and oxygen atoms in total. The Hall–Kier alpha value is -0.715. The average Bonchev–Trinajstić information content (AvgIpc) is 2.17. The number of ether oxygens (including phenoxy) is 1. The number of methoxy groups -OCH3 is 1. The van der Waals surface area contributed by atoms with Crippen molar-refractivity contribution in [1.29, 1.82) is 0 Å². The molecule has 0 heterocycles. The van der Waals surface area contributed by atoms with Gasteiger partial charge in [0.15, 0.2) is 0 Å². The molecule has 2 N–H and O–H groups in total. The van der Waals surface area contributed by atoms with Crippen LogP contribution in [0.4, 0.5) is 4.39 Å². The van der Waals surface area contributed by atoms with E-state index in [1.54, 1.807) is 6.26 Å². The van der Waals surface area contributed by atoms with Crippen LogP contribution in [0.1, 0.15) is 0 Å². The molecule has 0 bridgehead atoms. The zero-order chi connectivity index (χ0) is 10.7. The predicted molar refractivity (Wildman–Crippen MR) is 54.6 cm³/mol. The second-order valence-electron chi connectivity index (χ2n) is 2.57. The van der Waals surface area contributed by atoms with Crippen molar-refractivity contribution in [3.63, 3.8) is 0 Å². The number of benzene rings is 1. The fraction of sp³-hybridized carbons (Fsp3) is 0.250. The summed E-state index contributed by atoms with van der Waals surface area (Å²) in [5.74, 6) is -0.216. The summed E-state index contributed by atoms with van der Waals surface area (Å²) in [7, 11) is -0.341. The smallest absolute Gasteiger partial charge is 0.493 e.